The molecule has 1 saturated heterocycles. The number of imidazole rings is 1. The molecular formula is C25H25FN6O. The summed E-state index contributed by atoms with van der Waals surface area (Å²) in [4.78, 5) is 28.4. The summed E-state index contributed by atoms with van der Waals surface area (Å²) in [7, 11) is 2.02. The molecule has 0 radical (unpaired) electrons. The van der Waals surface area contributed by atoms with Crippen molar-refractivity contribution in [2.24, 2.45) is 7.05 Å². The second kappa shape index (κ2) is 9.07. The Morgan fingerprint density at radius 3 is 2.70 bits per heavy atom. The number of hydrogen-bond donors (Lipinski definition) is 1. The number of nitrogens with zero attached hydrogens (tertiary/aromatic N) is 5. The van der Waals surface area contributed by atoms with E-state index in [1.54, 1.807) is 36.7 Å². The van der Waals surface area contributed by atoms with Gasteiger partial charge in [0.1, 0.15) is 11.6 Å². The first-order valence-electron chi connectivity index (χ1n) is 11.1. The van der Waals surface area contributed by atoms with E-state index in [0.717, 1.165) is 49.5 Å². The number of fused-ring (bicyclic) bond motifs is 1. The normalized spacial score (nSPS) is 15.1. The van der Waals surface area contributed by atoms with Crippen LogP contribution in [0.25, 0.3) is 22.4 Å². The molecule has 8 heteroatoms. The van der Waals surface area contributed by atoms with Crippen LogP contribution in [0, 0.1) is 5.82 Å². The van der Waals surface area contributed by atoms with Crippen LogP contribution in [-0.2, 0) is 13.6 Å². The highest BCUT2D eigenvalue weighted by Gasteiger charge is 2.23. The first-order valence-corrected chi connectivity index (χ1v) is 11.1. The minimum absolute atomic E-state index is 0.124. The number of aromatic nitrogens is 4. The summed E-state index contributed by atoms with van der Waals surface area (Å²) in [6.07, 6.45) is 5.06. The van der Waals surface area contributed by atoms with Gasteiger partial charge in [-0.15, -0.1) is 0 Å². The Morgan fingerprint density at radius 1 is 1.12 bits per heavy atom. The summed E-state index contributed by atoms with van der Waals surface area (Å²) >= 11 is 0. The van der Waals surface area contributed by atoms with E-state index in [1.165, 1.54) is 12.1 Å². The molecule has 1 amide bonds. The fourth-order valence-corrected chi connectivity index (χ4v) is 4.27. The number of amides is 1. The summed E-state index contributed by atoms with van der Waals surface area (Å²) in [6.45, 7) is 2.54. The summed E-state index contributed by atoms with van der Waals surface area (Å²) < 4.78 is 15.5. The molecule has 168 valence electrons. The Labute approximate surface area is 191 Å². The third kappa shape index (κ3) is 4.61. The smallest absolute Gasteiger partial charge is 0.253 e. The molecule has 0 unspecified atom stereocenters. The lowest BCUT2D eigenvalue weighted by molar-refractivity contribution is 0.0907. The van der Waals surface area contributed by atoms with E-state index in [4.69, 9.17) is 0 Å². The predicted molar refractivity (Wildman–Crippen MR) is 124 cm³/mol. The van der Waals surface area contributed by atoms with Crippen molar-refractivity contribution in [3.63, 3.8) is 0 Å². The number of carbonyl (C=O) groups excluding carboxylic acids is 1. The van der Waals surface area contributed by atoms with Crippen LogP contribution in [0.3, 0.4) is 0 Å². The number of benzene rings is 1. The Balaban J connectivity index is 1.15. The van der Waals surface area contributed by atoms with Gasteiger partial charge in [0.2, 0.25) is 0 Å². The van der Waals surface area contributed by atoms with E-state index in [1.807, 2.05) is 19.2 Å². The molecule has 1 fully saturated rings. The van der Waals surface area contributed by atoms with E-state index < -0.39 is 0 Å². The first-order chi connectivity index (χ1) is 16.1. The molecule has 1 aliphatic rings. The Bertz CT molecular complexity index is 1280. The maximum Gasteiger partial charge on any atom is 0.253 e. The highest BCUT2D eigenvalue weighted by molar-refractivity contribution is 5.94. The topological polar surface area (TPSA) is 75.9 Å². The number of hydrogen-bond acceptors (Lipinski definition) is 5. The van der Waals surface area contributed by atoms with Crippen molar-refractivity contribution in [1.82, 2.24) is 29.7 Å². The molecular weight excluding hydrogens is 419 g/mol. The van der Waals surface area contributed by atoms with Crippen molar-refractivity contribution in [2.45, 2.75) is 25.4 Å². The number of likely N-dealkylation sites (tertiary alicyclic amines) is 1. The summed E-state index contributed by atoms with van der Waals surface area (Å²) in [6, 6.07) is 13.8. The fraction of sp³-hybridized carbons (Fsp3) is 0.280. The van der Waals surface area contributed by atoms with Crippen molar-refractivity contribution in [3.05, 3.63) is 78.1 Å². The van der Waals surface area contributed by atoms with Crippen LogP contribution >= 0.6 is 0 Å². The van der Waals surface area contributed by atoms with E-state index in [2.05, 4.69) is 29.7 Å². The number of piperidine rings is 1. The van der Waals surface area contributed by atoms with Gasteiger partial charge in [0.25, 0.3) is 5.91 Å². The minimum atomic E-state index is -0.310. The standard InChI is InChI=1S/C25H25FN6O/c1-31-22-6-3-11-27-24(22)30-23(31)16-32-12-9-20(10-13-32)29-25(33)18-7-8-21(28-15-18)17-4-2-5-19(26)14-17/h2-8,11,14-15,20H,9-10,12-13,16H2,1H3,(H,29,33). The van der Waals surface area contributed by atoms with Crippen molar-refractivity contribution in [1.29, 1.82) is 0 Å². The van der Waals surface area contributed by atoms with Crippen LogP contribution in [0.1, 0.15) is 29.0 Å². The lowest BCUT2D eigenvalue weighted by atomic mass is 10.0. The number of nitrogens with one attached hydrogen (secondary N) is 1. The zero-order valence-electron chi connectivity index (χ0n) is 18.4. The van der Waals surface area contributed by atoms with Crippen molar-refractivity contribution in [3.8, 4) is 11.3 Å². The molecule has 0 aliphatic carbocycles. The number of rotatable bonds is 5. The van der Waals surface area contributed by atoms with Gasteiger partial charge < -0.3 is 9.88 Å². The van der Waals surface area contributed by atoms with Gasteiger partial charge in [-0.05, 0) is 49.2 Å². The van der Waals surface area contributed by atoms with E-state index >= 15 is 0 Å². The van der Waals surface area contributed by atoms with E-state index in [0.29, 0.717) is 16.8 Å². The third-order valence-electron chi connectivity index (χ3n) is 6.18. The maximum absolute atomic E-state index is 13.4. The van der Waals surface area contributed by atoms with Gasteiger partial charge in [0.05, 0.1) is 23.3 Å². The highest BCUT2D eigenvalue weighted by Crippen LogP contribution is 2.19. The Hall–Kier alpha value is -3.65. The van der Waals surface area contributed by atoms with Crippen LogP contribution in [0.2, 0.25) is 0 Å². The lowest BCUT2D eigenvalue weighted by Gasteiger charge is -2.32. The monoisotopic (exact) mass is 444 g/mol. The van der Waals surface area contributed by atoms with Crippen molar-refractivity contribution in [2.75, 3.05) is 13.1 Å². The molecule has 1 N–H and O–H groups in total. The number of carbonyl (C=O) groups is 1. The zero-order chi connectivity index (χ0) is 22.8. The van der Waals surface area contributed by atoms with E-state index in [-0.39, 0.29) is 17.8 Å². The first kappa shape index (κ1) is 21.2. The molecule has 0 bridgehead atoms. The minimum Gasteiger partial charge on any atom is -0.349 e. The molecule has 0 atom stereocenters. The van der Waals surface area contributed by atoms with Crippen LogP contribution in [0.4, 0.5) is 4.39 Å². The average molecular weight is 445 g/mol. The maximum atomic E-state index is 13.4. The molecule has 3 aromatic heterocycles. The molecule has 4 aromatic rings. The van der Waals surface area contributed by atoms with Gasteiger partial charge in [-0.25, -0.2) is 14.4 Å². The molecule has 33 heavy (non-hydrogen) atoms. The van der Waals surface area contributed by atoms with Crippen LogP contribution < -0.4 is 5.32 Å². The second-order valence-electron chi connectivity index (χ2n) is 8.40. The second-order valence-corrected chi connectivity index (χ2v) is 8.40. The number of pyridine rings is 2. The van der Waals surface area contributed by atoms with Gasteiger partial charge in [-0.1, -0.05) is 12.1 Å². The third-order valence-corrected chi connectivity index (χ3v) is 6.18. The van der Waals surface area contributed by atoms with Gasteiger partial charge in [-0.3, -0.25) is 14.7 Å². The summed E-state index contributed by atoms with van der Waals surface area (Å²) in [5.74, 6) is 0.555. The van der Waals surface area contributed by atoms with Crippen molar-refractivity contribution < 1.29 is 9.18 Å². The summed E-state index contributed by atoms with van der Waals surface area (Å²) in [5.41, 5.74) is 3.63. The molecule has 7 nitrogen and oxygen atoms in total. The average Bonchev–Trinajstić information content (AvgIpc) is 3.15. The van der Waals surface area contributed by atoms with Gasteiger partial charge in [-0.2, -0.15) is 0 Å². The van der Waals surface area contributed by atoms with Crippen LogP contribution in [-0.4, -0.2) is 49.5 Å². The Kier molecular flexibility index (Phi) is 5.83. The zero-order valence-corrected chi connectivity index (χ0v) is 18.4. The van der Waals surface area contributed by atoms with Gasteiger partial charge >= 0.3 is 0 Å². The lowest BCUT2D eigenvalue weighted by Crippen LogP contribution is -2.44. The number of aryl methyl sites for hydroxylation is 1. The molecule has 1 aromatic carbocycles. The van der Waals surface area contributed by atoms with E-state index in [9.17, 15) is 9.18 Å². The van der Waals surface area contributed by atoms with Gasteiger partial charge in [0.15, 0.2) is 5.65 Å². The molecule has 1 aliphatic heterocycles. The number of halogens is 1. The fourth-order valence-electron chi connectivity index (χ4n) is 4.27. The molecule has 0 spiro atoms. The molecule has 0 saturated carbocycles. The van der Waals surface area contributed by atoms with Crippen molar-refractivity contribution >= 4 is 17.1 Å². The Morgan fingerprint density at radius 2 is 1.97 bits per heavy atom. The van der Waals surface area contributed by atoms with Gasteiger partial charge in [0, 0.05) is 44.1 Å². The summed E-state index contributed by atoms with van der Waals surface area (Å²) in [5, 5.41) is 3.12. The largest absolute Gasteiger partial charge is 0.349 e. The SMILES string of the molecule is Cn1c(CN2CCC(NC(=O)c3ccc(-c4cccc(F)c4)nc3)CC2)nc2ncccc21. The molecule has 4 heterocycles. The van der Waals surface area contributed by atoms with Crippen LogP contribution in [0.15, 0.2) is 60.9 Å². The molecule has 5 rings (SSSR count). The predicted octanol–water partition coefficient (Wildman–Crippen LogP) is 3.56. The quantitative estimate of drug-likeness (QED) is 0.509. The van der Waals surface area contributed by atoms with Crippen LogP contribution in [0.5, 0.6) is 0 Å². The highest BCUT2D eigenvalue weighted by atomic mass is 19.1.